The van der Waals surface area contributed by atoms with E-state index in [0.717, 1.165) is 24.4 Å². The van der Waals surface area contributed by atoms with Crippen molar-refractivity contribution in [3.05, 3.63) is 84.7 Å². The van der Waals surface area contributed by atoms with Crippen LogP contribution in [0.25, 0.3) is 0 Å². The molecule has 6 nitrogen and oxygen atoms in total. The molecule has 0 saturated heterocycles. The lowest BCUT2D eigenvalue weighted by Gasteiger charge is -2.24. The SMILES string of the molecule is O=C([C@H](O)c1cccc(Cl)c1)N1CCCc2nc(C3(c4cccs4)CC3)[nH]c(=O)c2C1. The van der Waals surface area contributed by atoms with E-state index in [4.69, 9.17) is 16.6 Å². The van der Waals surface area contributed by atoms with Gasteiger partial charge in [0.25, 0.3) is 11.5 Å². The molecular weight excluding hydrogens is 434 g/mol. The van der Waals surface area contributed by atoms with Gasteiger partial charge in [0, 0.05) is 16.4 Å². The van der Waals surface area contributed by atoms with Crippen LogP contribution in [0.3, 0.4) is 0 Å². The number of thiophene rings is 1. The molecule has 1 atom stereocenters. The molecule has 1 fully saturated rings. The summed E-state index contributed by atoms with van der Waals surface area (Å²) in [4.78, 5) is 36.6. The smallest absolute Gasteiger partial charge is 0.256 e. The Morgan fingerprint density at radius 2 is 2.13 bits per heavy atom. The number of nitrogens with zero attached hydrogens (tertiary/aromatic N) is 2. The fourth-order valence-electron chi connectivity index (χ4n) is 4.30. The fraction of sp³-hybridized carbons (Fsp3) is 0.348. The summed E-state index contributed by atoms with van der Waals surface area (Å²) < 4.78 is 0. The monoisotopic (exact) mass is 455 g/mol. The normalized spacial score (nSPS) is 18.2. The Bertz CT molecular complexity index is 1190. The van der Waals surface area contributed by atoms with Crippen molar-refractivity contribution in [2.24, 2.45) is 0 Å². The second kappa shape index (κ2) is 7.89. The van der Waals surface area contributed by atoms with Crippen LogP contribution in [0.15, 0.2) is 46.6 Å². The topological polar surface area (TPSA) is 86.3 Å². The summed E-state index contributed by atoms with van der Waals surface area (Å²) in [6.45, 7) is 0.595. The third-order valence-corrected chi connectivity index (χ3v) is 7.51. The van der Waals surface area contributed by atoms with Gasteiger partial charge in [-0.1, -0.05) is 29.8 Å². The second-order valence-electron chi connectivity index (χ2n) is 8.22. The molecular formula is C23H22ClN3O3S. The van der Waals surface area contributed by atoms with E-state index in [9.17, 15) is 14.7 Å². The number of aromatic amines is 1. The minimum absolute atomic E-state index is 0.139. The van der Waals surface area contributed by atoms with Gasteiger partial charge in [-0.05, 0) is 54.8 Å². The van der Waals surface area contributed by atoms with Crippen LogP contribution in [0.1, 0.15) is 52.9 Å². The van der Waals surface area contributed by atoms with Crippen LogP contribution in [-0.4, -0.2) is 32.4 Å². The van der Waals surface area contributed by atoms with Crippen LogP contribution >= 0.6 is 22.9 Å². The Kier molecular flexibility index (Phi) is 5.20. The third-order valence-electron chi connectivity index (χ3n) is 6.20. The second-order valence-corrected chi connectivity index (χ2v) is 9.60. The van der Waals surface area contributed by atoms with E-state index in [1.165, 1.54) is 4.88 Å². The number of hydrogen-bond acceptors (Lipinski definition) is 5. The Morgan fingerprint density at radius 3 is 2.84 bits per heavy atom. The summed E-state index contributed by atoms with van der Waals surface area (Å²) in [7, 11) is 0. The number of aliphatic hydroxyl groups excluding tert-OH is 1. The highest BCUT2D eigenvalue weighted by atomic mass is 35.5. The van der Waals surface area contributed by atoms with E-state index >= 15 is 0 Å². The van der Waals surface area contributed by atoms with Crippen LogP contribution < -0.4 is 5.56 Å². The quantitative estimate of drug-likeness (QED) is 0.629. The Balaban J connectivity index is 1.43. The maximum Gasteiger partial charge on any atom is 0.256 e. The zero-order chi connectivity index (χ0) is 21.6. The molecule has 5 rings (SSSR count). The van der Waals surface area contributed by atoms with Crippen LogP contribution in [0.4, 0.5) is 0 Å². The molecule has 31 heavy (non-hydrogen) atoms. The number of H-pyrrole nitrogens is 1. The minimum atomic E-state index is -1.32. The lowest BCUT2D eigenvalue weighted by molar-refractivity contribution is -0.141. The largest absolute Gasteiger partial charge is 0.378 e. The summed E-state index contributed by atoms with van der Waals surface area (Å²) in [5.41, 5.74) is 1.34. The number of aryl methyl sites for hydroxylation is 1. The zero-order valence-electron chi connectivity index (χ0n) is 16.8. The predicted octanol–water partition coefficient (Wildman–Crippen LogP) is 3.57. The summed E-state index contributed by atoms with van der Waals surface area (Å²) in [6, 6.07) is 10.8. The first-order valence-corrected chi connectivity index (χ1v) is 11.6. The molecule has 3 heterocycles. The average molecular weight is 456 g/mol. The van der Waals surface area contributed by atoms with Crippen molar-refractivity contribution in [2.75, 3.05) is 6.54 Å². The van der Waals surface area contributed by atoms with E-state index in [2.05, 4.69) is 11.1 Å². The van der Waals surface area contributed by atoms with Crippen LogP contribution in [-0.2, 0) is 23.2 Å². The van der Waals surface area contributed by atoms with Crippen molar-refractivity contribution in [1.82, 2.24) is 14.9 Å². The molecule has 2 aromatic heterocycles. The van der Waals surface area contributed by atoms with Crippen LogP contribution in [0, 0.1) is 0 Å². The van der Waals surface area contributed by atoms with Gasteiger partial charge in [-0.2, -0.15) is 0 Å². The molecule has 160 valence electrons. The molecule has 0 radical (unpaired) electrons. The molecule has 2 aliphatic rings. The number of aliphatic hydroxyl groups is 1. The maximum absolute atomic E-state index is 13.0. The van der Waals surface area contributed by atoms with Gasteiger partial charge in [0.1, 0.15) is 5.82 Å². The van der Waals surface area contributed by atoms with Gasteiger partial charge >= 0.3 is 0 Å². The Labute approximate surface area is 188 Å². The number of carbonyl (C=O) groups excluding carboxylic acids is 1. The first-order valence-electron chi connectivity index (χ1n) is 10.4. The lowest BCUT2D eigenvalue weighted by Crippen LogP contribution is -2.36. The highest BCUT2D eigenvalue weighted by Gasteiger charge is 2.49. The number of rotatable bonds is 4. The molecule has 1 aromatic carbocycles. The third kappa shape index (κ3) is 3.71. The summed E-state index contributed by atoms with van der Waals surface area (Å²) >= 11 is 7.69. The highest BCUT2D eigenvalue weighted by molar-refractivity contribution is 7.10. The molecule has 1 aliphatic heterocycles. The summed E-state index contributed by atoms with van der Waals surface area (Å²) in [5, 5.41) is 13.1. The molecule has 2 N–H and O–H groups in total. The predicted molar refractivity (Wildman–Crippen MR) is 119 cm³/mol. The maximum atomic E-state index is 13.0. The molecule has 0 unspecified atom stereocenters. The van der Waals surface area contributed by atoms with Gasteiger partial charge in [-0.15, -0.1) is 11.3 Å². The van der Waals surface area contributed by atoms with Gasteiger partial charge in [0.15, 0.2) is 6.10 Å². The number of fused-ring (bicyclic) bond motifs is 1. The first-order chi connectivity index (χ1) is 15.0. The van der Waals surface area contributed by atoms with E-state index in [-0.39, 0.29) is 17.5 Å². The summed E-state index contributed by atoms with van der Waals surface area (Å²) in [6.07, 6.45) is 1.95. The van der Waals surface area contributed by atoms with Crippen molar-refractivity contribution in [1.29, 1.82) is 0 Å². The van der Waals surface area contributed by atoms with E-state index in [0.29, 0.717) is 35.5 Å². The molecule has 3 aromatic rings. The van der Waals surface area contributed by atoms with Crippen molar-refractivity contribution < 1.29 is 9.90 Å². The van der Waals surface area contributed by atoms with Gasteiger partial charge in [-0.3, -0.25) is 9.59 Å². The number of aromatic nitrogens is 2. The van der Waals surface area contributed by atoms with E-state index in [1.54, 1.807) is 40.5 Å². The van der Waals surface area contributed by atoms with Gasteiger partial charge in [-0.25, -0.2) is 4.98 Å². The van der Waals surface area contributed by atoms with E-state index in [1.807, 2.05) is 11.4 Å². The average Bonchev–Trinajstić information content (AvgIpc) is 3.45. The number of carbonyl (C=O) groups is 1. The molecule has 0 spiro atoms. The number of hydrogen-bond donors (Lipinski definition) is 2. The molecule has 1 amide bonds. The van der Waals surface area contributed by atoms with Crippen molar-refractivity contribution in [3.8, 4) is 0 Å². The highest BCUT2D eigenvalue weighted by Crippen LogP contribution is 2.53. The van der Waals surface area contributed by atoms with Gasteiger partial charge in [0.2, 0.25) is 0 Å². The number of halogens is 1. The zero-order valence-corrected chi connectivity index (χ0v) is 18.4. The van der Waals surface area contributed by atoms with Crippen molar-refractivity contribution >= 4 is 28.8 Å². The number of nitrogens with one attached hydrogen (secondary N) is 1. The van der Waals surface area contributed by atoms with Crippen LogP contribution in [0.5, 0.6) is 0 Å². The molecule has 0 bridgehead atoms. The first kappa shape index (κ1) is 20.4. The molecule has 1 aliphatic carbocycles. The van der Waals surface area contributed by atoms with Gasteiger partial charge in [0.05, 0.1) is 23.2 Å². The lowest BCUT2D eigenvalue weighted by atomic mass is 10.0. The van der Waals surface area contributed by atoms with E-state index < -0.39 is 12.0 Å². The number of benzene rings is 1. The standard InChI is InChI=1S/C23H22ClN3O3S/c24-15-5-1-4-14(12-15)19(28)21(30)27-10-2-6-17-16(13-27)20(29)26-22(25-17)23(8-9-23)18-7-3-11-31-18/h1,3-5,7,11-12,19,28H,2,6,8-10,13H2,(H,25,26,29)/t19-/m1/s1. The minimum Gasteiger partial charge on any atom is -0.378 e. The van der Waals surface area contributed by atoms with Crippen LogP contribution in [0.2, 0.25) is 5.02 Å². The van der Waals surface area contributed by atoms with Crippen molar-refractivity contribution in [3.63, 3.8) is 0 Å². The molecule has 1 saturated carbocycles. The van der Waals surface area contributed by atoms with Gasteiger partial charge < -0.3 is 15.0 Å². The Hall–Kier alpha value is -2.48. The fourth-order valence-corrected chi connectivity index (χ4v) is 5.49. The Morgan fingerprint density at radius 1 is 1.29 bits per heavy atom. The number of amides is 1. The van der Waals surface area contributed by atoms with Crippen molar-refractivity contribution in [2.45, 2.75) is 43.7 Å². The molecule has 8 heteroatoms. The summed E-state index contributed by atoms with van der Waals surface area (Å²) in [5.74, 6) is 0.299.